The van der Waals surface area contributed by atoms with Crippen LogP contribution in [0.3, 0.4) is 0 Å². The number of Topliss-reactive ketones (excluding diaryl/α,β-unsaturated/α-hetero) is 2. The number of aliphatic hydroxyl groups is 1. The Morgan fingerprint density at radius 1 is 1.15 bits per heavy atom. The molecule has 106 valence electrons. The van der Waals surface area contributed by atoms with E-state index in [9.17, 15) is 14.7 Å². The van der Waals surface area contributed by atoms with Gasteiger partial charge in [0, 0.05) is 18.4 Å². The molecule has 3 heteroatoms. The van der Waals surface area contributed by atoms with E-state index in [4.69, 9.17) is 0 Å². The number of benzene rings is 1. The summed E-state index contributed by atoms with van der Waals surface area (Å²) in [5.74, 6) is -0.625. The Morgan fingerprint density at radius 3 is 2.30 bits per heavy atom. The third-order valence-electron chi connectivity index (χ3n) is 4.04. The molecule has 2 rings (SSSR count). The number of rotatable bonds is 2. The molecule has 0 heterocycles. The smallest absolute Gasteiger partial charge is 0.170 e. The van der Waals surface area contributed by atoms with Crippen molar-refractivity contribution < 1.29 is 14.7 Å². The van der Waals surface area contributed by atoms with Gasteiger partial charge in [0.2, 0.25) is 0 Å². The number of aryl methyl sites for hydroxylation is 1. The van der Waals surface area contributed by atoms with Crippen molar-refractivity contribution in [1.29, 1.82) is 0 Å². The van der Waals surface area contributed by atoms with Gasteiger partial charge >= 0.3 is 0 Å². The molecule has 0 amide bonds. The van der Waals surface area contributed by atoms with Gasteiger partial charge in [-0.3, -0.25) is 9.59 Å². The number of hydrogen-bond donors (Lipinski definition) is 1. The van der Waals surface area contributed by atoms with Gasteiger partial charge in [0.05, 0.1) is 0 Å². The standard InChI is InChI=1S/C17H20O3/c1-4-12-10(2)8-9-13(11(12)3)17(20)16-14(18)6-5-7-15(16)19/h8-9,20H,4-7H2,1-3H3. The van der Waals surface area contributed by atoms with Crippen LogP contribution in [-0.4, -0.2) is 16.7 Å². The molecule has 0 saturated heterocycles. The Labute approximate surface area is 119 Å². The SMILES string of the molecule is CCc1c(C)ccc(C(O)=C2C(=O)CCCC2=O)c1C. The zero-order valence-electron chi connectivity index (χ0n) is 12.2. The Kier molecular flexibility index (Phi) is 4.07. The fraction of sp³-hybridized carbons (Fsp3) is 0.412. The van der Waals surface area contributed by atoms with Crippen molar-refractivity contribution in [2.45, 2.75) is 46.5 Å². The Morgan fingerprint density at radius 2 is 1.75 bits per heavy atom. The maximum atomic E-state index is 11.9. The minimum atomic E-state index is -0.239. The van der Waals surface area contributed by atoms with E-state index in [0.29, 0.717) is 24.8 Å². The Bertz CT molecular complexity index is 591. The first kappa shape index (κ1) is 14.5. The van der Waals surface area contributed by atoms with Crippen molar-refractivity contribution in [2.75, 3.05) is 0 Å². The second-order valence-electron chi connectivity index (χ2n) is 5.31. The molecule has 0 radical (unpaired) electrons. The quantitative estimate of drug-likeness (QED) is 0.509. The average molecular weight is 272 g/mol. The molecule has 0 bridgehead atoms. The van der Waals surface area contributed by atoms with E-state index in [-0.39, 0.29) is 22.9 Å². The summed E-state index contributed by atoms with van der Waals surface area (Å²) in [6.45, 7) is 6.01. The van der Waals surface area contributed by atoms with E-state index < -0.39 is 0 Å². The summed E-state index contributed by atoms with van der Waals surface area (Å²) >= 11 is 0. The van der Waals surface area contributed by atoms with Gasteiger partial charge in [-0.15, -0.1) is 0 Å². The van der Waals surface area contributed by atoms with Gasteiger partial charge < -0.3 is 5.11 Å². The van der Waals surface area contributed by atoms with Gasteiger partial charge in [-0.25, -0.2) is 0 Å². The molecule has 1 N–H and O–H groups in total. The van der Waals surface area contributed by atoms with Crippen LogP contribution >= 0.6 is 0 Å². The maximum Gasteiger partial charge on any atom is 0.170 e. The van der Waals surface area contributed by atoms with Crippen molar-refractivity contribution in [3.63, 3.8) is 0 Å². The lowest BCUT2D eigenvalue weighted by Crippen LogP contribution is -2.20. The topological polar surface area (TPSA) is 54.4 Å². The second-order valence-corrected chi connectivity index (χ2v) is 5.31. The number of ketones is 2. The lowest BCUT2D eigenvalue weighted by atomic mass is 9.87. The summed E-state index contributed by atoms with van der Waals surface area (Å²) in [5, 5.41) is 10.4. The van der Waals surface area contributed by atoms with Crippen molar-refractivity contribution in [2.24, 2.45) is 0 Å². The predicted octanol–water partition coefficient (Wildman–Crippen LogP) is 3.46. The minimum Gasteiger partial charge on any atom is -0.506 e. The van der Waals surface area contributed by atoms with Crippen LogP contribution in [0.1, 0.15) is 48.4 Å². The first-order valence-corrected chi connectivity index (χ1v) is 7.06. The molecule has 1 aromatic rings. The third-order valence-corrected chi connectivity index (χ3v) is 4.04. The van der Waals surface area contributed by atoms with Gasteiger partial charge in [-0.2, -0.15) is 0 Å². The molecular weight excluding hydrogens is 252 g/mol. The summed E-state index contributed by atoms with van der Waals surface area (Å²) in [4.78, 5) is 23.8. The van der Waals surface area contributed by atoms with Crippen LogP contribution in [0.15, 0.2) is 17.7 Å². The summed E-state index contributed by atoms with van der Waals surface area (Å²) in [5.41, 5.74) is 3.86. The van der Waals surface area contributed by atoms with Crippen molar-refractivity contribution in [3.8, 4) is 0 Å². The molecular formula is C17H20O3. The molecule has 20 heavy (non-hydrogen) atoms. The number of carbonyl (C=O) groups is 2. The van der Waals surface area contributed by atoms with Gasteiger partial charge in [0.25, 0.3) is 0 Å². The number of allylic oxidation sites excluding steroid dienone is 1. The summed E-state index contributed by atoms with van der Waals surface area (Å²) < 4.78 is 0. The predicted molar refractivity (Wildman–Crippen MR) is 78.7 cm³/mol. The van der Waals surface area contributed by atoms with Crippen LogP contribution in [0.25, 0.3) is 5.76 Å². The zero-order valence-corrected chi connectivity index (χ0v) is 12.2. The fourth-order valence-electron chi connectivity index (χ4n) is 2.91. The van der Waals surface area contributed by atoms with Gasteiger partial charge in [0.1, 0.15) is 11.3 Å². The lowest BCUT2D eigenvalue weighted by molar-refractivity contribution is -0.123. The van der Waals surface area contributed by atoms with E-state index in [1.165, 1.54) is 0 Å². The normalized spacial score (nSPS) is 15.7. The summed E-state index contributed by atoms with van der Waals surface area (Å²) in [6, 6.07) is 3.72. The van der Waals surface area contributed by atoms with Crippen LogP contribution in [0.5, 0.6) is 0 Å². The fourth-order valence-corrected chi connectivity index (χ4v) is 2.91. The molecule has 1 saturated carbocycles. The molecule has 0 atom stereocenters. The lowest BCUT2D eigenvalue weighted by Gasteiger charge is -2.17. The highest BCUT2D eigenvalue weighted by Crippen LogP contribution is 2.29. The first-order valence-electron chi connectivity index (χ1n) is 7.06. The molecule has 0 spiro atoms. The number of hydrogen-bond acceptors (Lipinski definition) is 3. The maximum absolute atomic E-state index is 11.9. The van der Waals surface area contributed by atoms with E-state index in [1.807, 2.05) is 19.9 Å². The van der Waals surface area contributed by atoms with E-state index in [1.54, 1.807) is 6.07 Å². The zero-order chi connectivity index (χ0) is 14.9. The third kappa shape index (κ3) is 2.40. The second kappa shape index (κ2) is 5.61. The molecule has 1 fully saturated rings. The van der Waals surface area contributed by atoms with Gasteiger partial charge in [-0.1, -0.05) is 19.1 Å². The summed E-state index contributed by atoms with van der Waals surface area (Å²) in [6.07, 6.45) is 2.13. The monoisotopic (exact) mass is 272 g/mol. The van der Waals surface area contributed by atoms with Gasteiger partial charge in [-0.05, 0) is 43.4 Å². The van der Waals surface area contributed by atoms with Crippen molar-refractivity contribution in [1.82, 2.24) is 0 Å². The summed E-state index contributed by atoms with van der Waals surface area (Å²) in [7, 11) is 0. The first-order chi connectivity index (χ1) is 9.47. The van der Waals surface area contributed by atoms with Crippen LogP contribution in [0.2, 0.25) is 0 Å². The number of carbonyl (C=O) groups excluding carboxylic acids is 2. The van der Waals surface area contributed by atoms with Gasteiger partial charge in [0.15, 0.2) is 11.6 Å². The van der Waals surface area contributed by atoms with Crippen molar-refractivity contribution >= 4 is 17.3 Å². The molecule has 0 aliphatic heterocycles. The van der Waals surface area contributed by atoms with E-state index >= 15 is 0 Å². The van der Waals surface area contributed by atoms with Crippen LogP contribution in [0.4, 0.5) is 0 Å². The Hall–Kier alpha value is -1.90. The molecule has 3 nitrogen and oxygen atoms in total. The van der Waals surface area contributed by atoms with E-state index in [2.05, 4.69) is 6.92 Å². The highest BCUT2D eigenvalue weighted by atomic mass is 16.3. The average Bonchev–Trinajstić information content (AvgIpc) is 2.39. The minimum absolute atomic E-state index is 0.00902. The molecule has 0 unspecified atom stereocenters. The van der Waals surface area contributed by atoms with Crippen LogP contribution in [-0.2, 0) is 16.0 Å². The van der Waals surface area contributed by atoms with Crippen LogP contribution < -0.4 is 0 Å². The van der Waals surface area contributed by atoms with E-state index in [0.717, 1.165) is 23.1 Å². The molecule has 1 aromatic carbocycles. The largest absolute Gasteiger partial charge is 0.506 e. The molecule has 1 aliphatic rings. The Balaban J connectivity index is 2.61. The highest BCUT2D eigenvalue weighted by molar-refractivity contribution is 6.25. The number of aliphatic hydroxyl groups excluding tert-OH is 1. The molecule has 0 aromatic heterocycles. The van der Waals surface area contributed by atoms with Crippen LogP contribution in [0, 0.1) is 13.8 Å². The highest BCUT2D eigenvalue weighted by Gasteiger charge is 2.28. The molecule has 1 aliphatic carbocycles. The van der Waals surface area contributed by atoms with Crippen molar-refractivity contribution in [3.05, 3.63) is 40.0 Å².